The Morgan fingerprint density at radius 1 is 0.741 bits per heavy atom. The van der Waals surface area contributed by atoms with Gasteiger partial charge in [0.05, 0.1) is 18.7 Å². The summed E-state index contributed by atoms with van der Waals surface area (Å²) in [4.78, 5) is 36.0. The van der Waals surface area contributed by atoms with E-state index >= 15 is 13.6 Å². The van der Waals surface area contributed by atoms with Crippen molar-refractivity contribution < 1.29 is 49.4 Å². The summed E-state index contributed by atoms with van der Waals surface area (Å²) < 4.78 is 113. The SMILES string of the molecule is O=C(OCc1ccccc1)c1ccc(N(Cc2ncc(C3CCCCC3)cn2)C(=O)[C@]2(OCc3ccccc3)CCN2S(=O)(=O)c2c(F)c(F)c(F)c(F)c2F)cc1. The molecule has 0 unspecified atom stereocenters. The lowest BCUT2D eigenvalue weighted by Crippen LogP contribution is -2.70. The zero-order valence-electron chi connectivity index (χ0n) is 30.9. The molecule has 5 aromatic rings. The Labute approximate surface area is 331 Å². The molecule has 1 aromatic heterocycles. The molecular formula is C42H37F5N4O6S. The van der Waals surface area contributed by atoms with Crippen LogP contribution in [0.25, 0.3) is 0 Å². The van der Waals surface area contributed by atoms with E-state index in [1.54, 1.807) is 67.0 Å². The van der Waals surface area contributed by atoms with Gasteiger partial charge < -0.3 is 14.4 Å². The highest BCUT2D eigenvalue weighted by molar-refractivity contribution is 7.89. The Morgan fingerprint density at radius 3 is 1.84 bits per heavy atom. The van der Waals surface area contributed by atoms with Gasteiger partial charge in [-0.15, -0.1) is 0 Å². The Balaban J connectivity index is 1.27. The number of aromatic nitrogens is 2. The first-order valence-corrected chi connectivity index (χ1v) is 20.0. The van der Waals surface area contributed by atoms with E-state index in [0.717, 1.165) is 48.1 Å². The number of rotatable bonds is 13. The Morgan fingerprint density at radius 2 is 1.29 bits per heavy atom. The normalized spacial score (nSPS) is 17.4. The zero-order chi connectivity index (χ0) is 41.0. The van der Waals surface area contributed by atoms with Gasteiger partial charge in [0, 0.05) is 31.0 Å². The van der Waals surface area contributed by atoms with Gasteiger partial charge >= 0.3 is 5.97 Å². The van der Waals surface area contributed by atoms with Crippen molar-refractivity contribution in [3.8, 4) is 0 Å². The van der Waals surface area contributed by atoms with Gasteiger partial charge in [-0.3, -0.25) is 4.79 Å². The summed E-state index contributed by atoms with van der Waals surface area (Å²) in [5.74, 6) is -14.0. The maximum Gasteiger partial charge on any atom is 0.338 e. The van der Waals surface area contributed by atoms with Gasteiger partial charge in [-0.1, -0.05) is 79.9 Å². The molecule has 0 bridgehead atoms. The Kier molecular flexibility index (Phi) is 12.0. The predicted octanol–water partition coefficient (Wildman–Crippen LogP) is 8.12. The molecule has 1 atom stereocenters. The summed E-state index contributed by atoms with van der Waals surface area (Å²) in [7, 11) is -5.66. The van der Waals surface area contributed by atoms with E-state index in [1.807, 2.05) is 6.07 Å². The first-order valence-electron chi connectivity index (χ1n) is 18.6. The summed E-state index contributed by atoms with van der Waals surface area (Å²) in [6.45, 7) is -1.37. The van der Waals surface area contributed by atoms with E-state index < -0.39 is 74.8 Å². The van der Waals surface area contributed by atoms with Crippen LogP contribution in [0, 0.1) is 29.1 Å². The second kappa shape index (κ2) is 17.1. The van der Waals surface area contributed by atoms with Crippen LogP contribution in [0.2, 0.25) is 0 Å². The fourth-order valence-electron chi connectivity index (χ4n) is 7.15. The molecule has 0 N–H and O–H groups in total. The number of amides is 1. The van der Waals surface area contributed by atoms with Crippen LogP contribution in [0.1, 0.15) is 77.3 Å². The van der Waals surface area contributed by atoms with Crippen LogP contribution in [0.15, 0.2) is 102 Å². The van der Waals surface area contributed by atoms with Crippen LogP contribution >= 0.6 is 0 Å². The van der Waals surface area contributed by atoms with Gasteiger partial charge in [-0.25, -0.2) is 45.1 Å². The second-order valence-corrected chi connectivity index (χ2v) is 15.9. The van der Waals surface area contributed by atoms with Gasteiger partial charge in [0.2, 0.25) is 11.5 Å². The molecule has 1 aliphatic carbocycles. The van der Waals surface area contributed by atoms with Crippen molar-refractivity contribution in [2.24, 2.45) is 0 Å². The fourth-order valence-corrected chi connectivity index (χ4v) is 8.94. The highest BCUT2D eigenvalue weighted by Crippen LogP contribution is 2.43. The van der Waals surface area contributed by atoms with Crippen molar-refractivity contribution >= 4 is 27.6 Å². The molecule has 0 radical (unpaired) electrons. The number of carbonyl (C=O) groups is 2. The smallest absolute Gasteiger partial charge is 0.338 e. The van der Waals surface area contributed by atoms with Crippen molar-refractivity contribution in [1.82, 2.24) is 14.3 Å². The average Bonchev–Trinajstić information content (AvgIpc) is 3.24. The topological polar surface area (TPSA) is 119 Å². The average molecular weight is 821 g/mol. The summed E-state index contributed by atoms with van der Waals surface area (Å²) in [6.07, 6.45) is 8.18. The van der Waals surface area contributed by atoms with Crippen LogP contribution in [-0.4, -0.2) is 46.8 Å². The molecule has 302 valence electrons. The lowest BCUT2D eigenvalue weighted by Gasteiger charge is -2.50. The molecular weight excluding hydrogens is 784 g/mol. The maximum atomic E-state index is 15.1. The van der Waals surface area contributed by atoms with Crippen LogP contribution in [-0.2, 0) is 44.1 Å². The quantitative estimate of drug-likeness (QED) is 0.0506. The first kappa shape index (κ1) is 40.6. The van der Waals surface area contributed by atoms with Crippen molar-refractivity contribution in [2.45, 2.75) is 74.8 Å². The van der Waals surface area contributed by atoms with Crippen LogP contribution < -0.4 is 4.90 Å². The molecule has 2 heterocycles. The number of ether oxygens (including phenoxy) is 2. The minimum Gasteiger partial charge on any atom is -0.457 e. The van der Waals surface area contributed by atoms with E-state index in [9.17, 15) is 26.4 Å². The molecule has 1 saturated heterocycles. The molecule has 1 aliphatic heterocycles. The number of nitrogens with zero attached hydrogens (tertiary/aromatic N) is 4. The third kappa shape index (κ3) is 8.08. The number of hydrogen-bond donors (Lipinski definition) is 0. The van der Waals surface area contributed by atoms with E-state index in [4.69, 9.17) is 9.47 Å². The summed E-state index contributed by atoms with van der Waals surface area (Å²) in [6, 6.07) is 22.8. The minimum atomic E-state index is -5.66. The van der Waals surface area contributed by atoms with E-state index in [-0.39, 0.29) is 42.6 Å². The maximum absolute atomic E-state index is 15.1. The number of sulfonamides is 1. The molecule has 1 amide bonds. The lowest BCUT2D eigenvalue weighted by molar-refractivity contribution is -0.194. The highest BCUT2D eigenvalue weighted by Gasteiger charge is 2.61. The minimum absolute atomic E-state index is 0.00511. The second-order valence-electron chi connectivity index (χ2n) is 14.1. The van der Waals surface area contributed by atoms with Crippen molar-refractivity contribution in [3.63, 3.8) is 0 Å². The van der Waals surface area contributed by atoms with E-state index in [0.29, 0.717) is 9.87 Å². The first-order chi connectivity index (χ1) is 27.9. The van der Waals surface area contributed by atoms with E-state index in [1.165, 1.54) is 24.3 Å². The van der Waals surface area contributed by atoms with Crippen LogP contribution in [0.5, 0.6) is 0 Å². The number of anilines is 1. The molecule has 4 aromatic carbocycles. The number of hydrogen-bond acceptors (Lipinski definition) is 8. The third-order valence-electron chi connectivity index (χ3n) is 10.4. The number of halogens is 5. The molecule has 10 nitrogen and oxygen atoms in total. The number of carbonyl (C=O) groups excluding carboxylic acids is 2. The molecule has 2 fully saturated rings. The Bertz CT molecular complexity index is 2360. The molecule has 7 rings (SSSR count). The van der Waals surface area contributed by atoms with Crippen molar-refractivity contribution in [2.75, 3.05) is 11.4 Å². The number of esters is 1. The standard InChI is InChI=1S/C42H37F5N4O6S/c43-34-35(44)37(46)39(38(47)36(34)45)58(54,55)51-21-20-42(51,57-26-28-12-6-2-7-13-28)41(53)50(24-33-48-22-31(23-49-33)29-14-8-3-9-15-29)32-18-16-30(17-19-32)40(52)56-25-27-10-4-1-5-11-27/h1-2,4-7,10-13,16-19,22-23,29H,3,8-9,14-15,20-21,24-26H2/t42-/m1/s1. The molecule has 58 heavy (non-hydrogen) atoms. The van der Waals surface area contributed by atoms with Crippen molar-refractivity contribution in [1.29, 1.82) is 0 Å². The highest BCUT2D eigenvalue weighted by atomic mass is 32.2. The van der Waals surface area contributed by atoms with Gasteiger partial charge in [0.25, 0.3) is 15.9 Å². The number of benzene rings is 4. The predicted molar refractivity (Wildman–Crippen MR) is 200 cm³/mol. The Hall–Kier alpha value is -5.58. The summed E-state index contributed by atoms with van der Waals surface area (Å²) in [5, 5.41) is 0. The fraction of sp³-hybridized carbons (Fsp3) is 0.286. The molecule has 0 spiro atoms. The monoisotopic (exact) mass is 820 g/mol. The van der Waals surface area contributed by atoms with Gasteiger partial charge in [-0.2, -0.15) is 4.31 Å². The largest absolute Gasteiger partial charge is 0.457 e. The van der Waals surface area contributed by atoms with Gasteiger partial charge in [-0.05, 0) is 59.7 Å². The molecule has 2 aliphatic rings. The van der Waals surface area contributed by atoms with Gasteiger partial charge in [0.15, 0.2) is 28.2 Å². The van der Waals surface area contributed by atoms with Crippen LogP contribution in [0.3, 0.4) is 0 Å². The molecule has 16 heteroatoms. The third-order valence-corrected chi connectivity index (χ3v) is 12.3. The zero-order valence-corrected chi connectivity index (χ0v) is 31.7. The molecule has 1 saturated carbocycles. The lowest BCUT2D eigenvalue weighted by atomic mass is 9.85. The summed E-state index contributed by atoms with van der Waals surface area (Å²) >= 11 is 0. The van der Waals surface area contributed by atoms with Gasteiger partial charge in [0.1, 0.15) is 12.4 Å². The van der Waals surface area contributed by atoms with Crippen LogP contribution in [0.4, 0.5) is 27.6 Å². The summed E-state index contributed by atoms with van der Waals surface area (Å²) in [5.41, 5.74) is -0.194. The van der Waals surface area contributed by atoms with E-state index in [2.05, 4.69) is 9.97 Å². The van der Waals surface area contributed by atoms with Crippen molar-refractivity contribution in [3.05, 3.63) is 154 Å².